The highest BCUT2D eigenvalue weighted by Crippen LogP contribution is 2.21. The molecule has 22 heavy (non-hydrogen) atoms. The third kappa shape index (κ3) is 4.81. The fraction of sp³-hybridized carbons (Fsp3) is 0.611. The van der Waals surface area contributed by atoms with Crippen molar-refractivity contribution in [2.24, 2.45) is 5.92 Å². The van der Waals surface area contributed by atoms with E-state index in [1.165, 1.54) is 0 Å². The fourth-order valence-corrected chi connectivity index (χ4v) is 2.65. The smallest absolute Gasteiger partial charge is 0.125 e. The van der Waals surface area contributed by atoms with Gasteiger partial charge in [0.2, 0.25) is 0 Å². The van der Waals surface area contributed by atoms with E-state index in [9.17, 15) is 5.26 Å². The Hall–Kier alpha value is -1.41. The third-order valence-electron chi connectivity index (χ3n) is 4.21. The molecule has 2 rings (SSSR count). The monoisotopic (exact) mass is 302 g/mol. The van der Waals surface area contributed by atoms with Gasteiger partial charge >= 0.3 is 0 Å². The van der Waals surface area contributed by atoms with Crippen LogP contribution in [0.15, 0.2) is 30.3 Å². The Morgan fingerprint density at radius 2 is 2.18 bits per heavy atom. The molecule has 0 bridgehead atoms. The van der Waals surface area contributed by atoms with E-state index in [1.54, 1.807) is 0 Å². The van der Waals surface area contributed by atoms with E-state index in [0.29, 0.717) is 13.2 Å². The first-order valence-corrected chi connectivity index (χ1v) is 8.19. The summed E-state index contributed by atoms with van der Waals surface area (Å²) >= 11 is 0. The van der Waals surface area contributed by atoms with Crippen LogP contribution in [0.5, 0.6) is 0 Å². The summed E-state index contributed by atoms with van der Waals surface area (Å²) in [5.41, 5.74) is 1.16. The van der Waals surface area contributed by atoms with Crippen molar-refractivity contribution in [2.75, 3.05) is 13.2 Å². The Labute approximate surface area is 133 Å². The van der Waals surface area contributed by atoms with E-state index in [4.69, 9.17) is 9.57 Å². The van der Waals surface area contributed by atoms with Crippen molar-refractivity contribution in [1.82, 2.24) is 5.06 Å². The minimum atomic E-state index is -0.243. The Morgan fingerprint density at radius 1 is 1.41 bits per heavy atom. The molecule has 4 nitrogen and oxygen atoms in total. The van der Waals surface area contributed by atoms with Crippen molar-refractivity contribution in [1.29, 1.82) is 5.26 Å². The van der Waals surface area contributed by atoms with Gasteiger partial charge in [0.1, 0.15) is 12.1 Å². The third-order valence-corrected chi connectivity index (χ3v) is 4.21. The van der Waals surface area contributed by atoms with Crippen LogP contribution in [0, 0.1) is 17.2 Å². The molecular weight excluding hydrogens is 276 g/mol. The molecule has 1 unspecified atom stereocenters. The highest BCUT2D eigenvalue weighted by atomic mass is 16.7. The average molecular weight is 302 g/mol. The lowest BCUT2D eigenvalue weighted by Crippen LogP contribution is -2.42. The number of hydroxylamine groups is 2. The normalized spacial score (nSPS) is 21.3. The number of nitrogens with zero attached hydrogens (tertiary/aromatic N) is 2. The summed E-state index contributed by atoms with van der Waals surface area (Å²) in [5.74, 6) is 0.262. The minimum absolute atomic E-state index is 0.0531. The van der Waals surface area contributed by atoms with Crippen LogP contribution in [0.2, 0.25) is 0 Å². The number of benzene rings is 1. The van der Waals surface area contributed by atoms with Crippen LogP contribution in [0.4, 0.5) is 0 Å². The van der Waals surface area contributed by atoms with Gasteiger partial charge in [-0.2, -0.15) is 10.3 Å². The first-order valence-electron chi connectivity index (χ1n) is 8.19. The van der Waals surface area contributed by atoms with Crippen molar-refractivity contribution in [3.63, 3.8) is 0 Å². The first kappa shape index (κ1) is 17.0. The SMILES string of the molecule is CC[C@@H](C)[C@@H](C#N)N(Cc1ccccc1)OC1CCCOC1. The zero-order valence-electron chi connectivity index (χ0n) is 13.6. The maximum atomic E-state index is 9.60. The van der Waals surface area contributed by atoms with E-state index in [-0.39, 0.29) is 18.1 Å². The second-order valence-electron chi connectivity index (χ2n) is 5.96. The number of rotatable bonds is 7. The maximum Gasteiger partial charge on any atom is 0.125 e. The molecule has 1 heterocycles. The molecule has 3 atom stereocenters. The van der Waals surface area contributed by atoms with Crippen LogP contribution in [0.25, 0.3) is 0 Å². The summed E-state index contributed by atoms with van der Waals surface area (Å²) < 4.78 is 5.50. The van der Waals surface area contributed by atoms with Gasteiger partial charge in [-0.05, 0) is 24.3 Å². The number of ether oxygens (including phenoxy) is 1. The molecule has 1 aliphatic heterocycles. The molecule has 4 heteroatoms. The summed E-state index contributed by atoms with van der Waals surface area (Å²) in [6, 6.07) is 12.3. The Balaban J connectivity index is 2.09. The van der Waals surface area contributed by atoms with Crippen molar-refractivity contribution < 1.29 is 9.57 Å². The molecule has 1 aromatic carbocycles. The lowest BCUT2D eigenvalue weighted by Gasteiger charge is -2.34. The van der Waals surface area contributed by atoms with E-state index in [1.807, 2.05) is 23.3 Å². The molecule has 1 fully saturated rings. The molecule has 120 valence electrons. The average Bonchev–Trinajstić information content (AvgIpc) is 2.57. The summed E-state index contributed by atoms with van der Waals surface area (Å²) in [6.07, 6.45) is 3.01. The first-order chi connectivity index (χ1) is 10.7. The van der Waals surface area contributed by atoms with Crippen LogP contribution >= 0.6 is 0 Å². The summed E-state index contributed by atoms with van der Waals surface area (Å²) in [7, 11) is 0. The van der Waals surface area contributed by atoms with Gasteiger partial charge in [0.15, 0.2) is 0 Å². The van der Waals surface area contributed by atoms with Crippen molar-refractivity contribution >= 4 is 0 Å². The van der Waals surface area contributed by atoms with Crippen molar-refractivity contribution in [2.45, 2.75) is 51.8 Å². The van der Waals surface area contributed by atoms with E-state index >= 15 is 0 Å². The van der Waals surface area contributed by atoms with Crippen LogP contribution in [-0.4, -0.2) is 30.4 Å². The highest BCUT2D eigenvalue weighted by Gasteiger charge is 2.28. The van der Waals surface area contributed by atoms with Gasteiger partial charge in [-0.15, -0.1) is 0 Å². The molecule has 0 N–H and O–H groups in total. The predicted octanol–water partition coefficient (Wildman–Crippen LogP) is 3.54. The zero-order valence-corrected chi connectivity index (χ0v) is 13.6. The molecule has 0 spiro atoms. The summed E-state index contributed by atoms with van der Waals surface area (Å²) in [5, 5.41) is 11.5. The second-order valence-corrected chi connectivity index (χ2v) is 5.96. The van der Waals surface area contributed by atoms with Crippen LogP contribution in [-0.2, 0) is 16.1 Å². The van der Waals surface area contributed by atoms with E-state index in [2.05, 4.69) is 32.0 Å². The number of hydrogen-bond donors (Lipinski definition) is 0. The molecular formula is C18H26N2O2. The van der Waals surface area contributed by atoms with Crippen molar-refractivity contribution in [3.8, 4) is 6.07 Å². The van der Waals surface area contributed by atoms with Gasteiger partial charge in [-0.25, -0.2) is 0 Å². The van der Waals surface area contributed by atoms with Crippen LogP contribution in [0.1, 0.15) is 38.7 Å². The molecule has 0 aromatic heterocycles. The van der Waals surface area contributed by atoms with Gasteiger partial charge in [0.25, 0.3) is 0 Å². The van der Waals surface area contributed by atoms with Gasteiger partial charge in [0.05, 0.1) is 19.2 Å². The lowest BCUT2D eigenvalue weighted by molar-refractivity contribution is -0.244. The van der Waals surface area contributed by atoms with Gasteiger partial charge < -0.3 is 4.74 Å². The van der Waals surface area contributed by atoms with Gasteiger partial charge in [-0.1, -0.05) is 50.6 Å². The highest BCUT2D eigenvalue weighted by molar-refractivity contribution is 5.14. The molecule has 1 aliphatic rings. The van der Waals surface area contributed by atoms with Gasteiger partial charge in [0, 0.05) is 6.61 Å². The number of hydrogen-bond acceptors (Lipinski definition) is 4. The van der Waals surface area contributed by atoms with Crippen LogP contribution < -0.4 is 0 Å². The Morgan fingerprint density at radius 3 is 2.77 bits per heavy atom. The van der Waals surface area contributed by atoms with E-state index < -0.39 is 0 Å². The standard InChI is InChI=1S/C18H26N2O2/c1-3-15(2)18(12-19)20(13-16-8-5-4-6-9-16)22-17-10-7-11-21-14-17/h4-6,8-9,15,17-18H,3,7,10-11,13-14H2,1-2H3/t15-,17?,18-/m1/s1. The predicted molar refractivity (Wildman–Crippen MR) is 85.8 cm³/mol. The summed E-state index contributed by atoms with van der Waals surface area (Å²) in [4.78, 5) is 6.16. The second kappa shape index (κ2) is 8.89. The zero-order chi connectivity index (χ0) is 15.8. The Bertz CT molecular complexity index is 466. The molecule has 0 saturated carbocycles. The van der Waals surface area contributed by atoms with E-state index in [0.717, 1.165) is 31.4 Å². The quantitative estimate of drug-likeness (QED) is 0.723. The molecule has 1 aromatic rings. The largest absolute Gasteiger partial charge is 0.379 e. The van der Waals surface area contributed by atoms with Crippen LogP contribution in [0.3, 0.4) is 0 Å². The Kier molecular flexibility index (Phi) is 6.85. The lowest BCUT2D eigenvalue weighted by atomic mass is 9.99. The maximum absolute atomic E-state index is 9.60. The minimum Gasteiger partial charge on any atom is -0.379 e. The topological polar surface area (TPSA) is 45.5 Å². The molecule has 0 aliphatic carbocycles. The fourth-order valence-electron chi connectivity index (χ4n) is 2.65. The molecule has 1 saturated heterocycles. The molecule has 0 radical (unpaired) electrons. The number of nitriles is 1. The summed E-state index contributed by atoms with van der Waals surface area (Å²) in [6.45, 7) is 6.27. The molecule has 0 amide bonds. The van der Waals surface area contributed by atoms with Gasteiger partial charge in [-0.3, -0.25) is 4.84 Å². The van der Waals surface area contributed by atoms with Crippen molar-refractivity contribution in [3.05, 3.63) is 35.9 Å².